The zero-order valence-corrected chi connectivity index (χ0v) is 10.4. The van der Waals surface area contributed by atoms with Gasteiger partial charge in [0, 0.05) is 18.7 Å². The molecule has 1 aliphatic heterocycles. The van der Waals surface area contributed by atoms with Gasteiger partial charge in [0.05, 0.1) is 11.6 Å². The van der Waals surface area contributed by atoms with Gasteiger partial charge < -0.3 is 20.8 Å². The Morgan fingerprint density at radius 2 is 1.89 bits per heavy atom. The molecule has 0 atom stereocenters. The predicted octanol–water partition coefficient (Wildman–Crippen LogP) is 0.792. The number of nitrogens with two attached hydrogens (primary N) is 1. The predicted molar refractivity (Wildman–Crippen MR) is 69.2 cm³/mol. The van der Waals surface area contributed by atoms with Crippen LogP contribution in [0.3, 0.4) is 0 Å². The van der Waals surface area contributed by atoms with Gasteiger partial charge in [0.15, 0.2) is 0 Å². The van der Waals surface area contributed by atoms with E-state index in [-0.39, 0.29) is 17.2 Å². The van der Waals surface area contributed by atoms with Crippen molar-refractivity contribution in [1.29, 1.82) is 0 Å². The number of carbonyl (C=O) groups is 2. The maximum absolute atomic E-state index is 11.0. The van der Waals surface area contributed by atoms with Gasteiger partial charge in [0.25, 0.3) is 0 Å². The number of amides is 1. The number of hydrogen-bond acceptors (Lipinski definition) is 4. The molecular weight excluding hydrogens is 248 g/mol. The number of primary amides is 1. The van der Waals surface area contributed by atoms with Crippen molar-refractivity contribution < 1.29 is 19.8 Å². The summed E-state index contributed by atoms with van der Waals surface area (Å²) in [5.74, 6) is -1.69. The Bertz CT molecular complexity index is 507. The number of carboxylic acid groups (broad SMARTS) is 1. The first-order chi connectivity index (χ1) is 8.99. The van der Waals surface area contributed by atoms with E-state index in [4.69, 9.17) is 10.8 Å². The Hall–Kier alpha value is -2.24. The lowest BCUT2D eigenvalue weighted by atomic mass is 9.96. The lowest BCUT2D eigenvalue weighted by molar-refractivity contribution is -0.142. The van der Waals surface area contributed by atoms with Gasteiger partial charge in [0.1, 0.15) is 5.75 Å². The van der Waals surface area contributed by atoms with Crippen LogP contribution < -0.4 is 10.6 Å². The summed E-state index contributed by atoms with van der Waals surface area (Å²) in [7, 11) is 0. The lowest BCUT2D eigenvalue weighted by Gasteiger charge is -2.32. The fourth-order valence-corrected chi connectivity index (χ4v) is 2.31. The summed E-state index contributed by atoms with van der Waals surface area (Å²) in [6, 6.07) is 4.53. The van der Waals surface area contributed by atoms with Crippen LogP contribution in [-0.4, -0.2) is 35.2 Å². The summed E-state index contributed by atoms with van der Waals surface area (Å²) in [6.45, 7) is 1.14. The van der Waals surface area contributed by atoms with Gasteiger partial charge in [-0.15, -0.1) is 0 Å². The second-order valence-corrected chi connectivity index (χ2v) is 4.67. The Kier molecular flexibility index (Phi) is 3.59. The molecule has 6 heteroatoms. The maximum Gasteiger partial charge on any atom is 0.306 e. The molecule has 0 bridgehead atoms. The topological polar surface area (TPSA) is 104 Å². The number of aromatic hydroxyl groups is 1. The van der Waals surface area contributed by atoms with Crippen molar-refractivity contribution in [1.82, 2.24) is 0 Å². The summed E-state index contributed by atoms with van der Waals surface area (Å²) in [6.07, 6.45) is 1.10. The molecule has 0 aromatic heterocycles. The van der Waals surface area contributed by atoms with Crippen LogP contribution in [0.15, 0.2) is 18.2 Å². The van der Waals surface area contributed by atoms with Gasteiger partial charge in [-0.1, -0.05) is 0 Å². The smallest absolute Gasteiger partial charge is 0.306 e. The van der Waals surface area contributed by atoms with E-state index >= 15 is 0 Å². The van der Waals surface area contributed by atoms with Crippen LogP contribution in [0.2, 0.25) is 0 Å². The average Bonchev–Trinajstić information content (AvgIpc) is 2.38. The van der Waals surface area contributed by atoms with Gasteiger partial charge in [0.2, 0.25) is 5.91 Å². The third-order valence-corrected chi connectivity index (χ3v) is 3.44. The van der Waals surface area contributed by atoms with E-state index in [1.165, 1.54) is 6.07 Å². The number of benzene rings is 1. The van der Waals surface area contributed by atoms with E-state index in [1.807, 2.05) is 4.90 Å². The quantitative estimate of drug-likeness (QED) is 0.748. The first-order valence-electron chi connectivity index (χ1n) is 6.09. The monoisotopic (exact) mass is 264 g/mol. The van der Waals surface area contributed by atoms with Gasteiger partial charge in [-0.25, -0.2) is 0 Å². The van der Waals surface area contributed by atoms with E-state index in [1.54, 1.807) is 12.1 Å². The van der Waals surface area contributed by atoms with Crippen molar-refractivity contribution in [2.24, 2.45) is 11.7 Å². The van der Waals surface area contributed by atoms with Gasteiger partial charge in [-0.2, -0.15) is 0 Å². The molecule has 102 valence electrons. The molecule has 2 rings (SSSR count). The number of aliphatic carboxylic acids is 1. The minimum Gasteiger partial charge on any atom is -0.506 e. The normalized spacial score (nSPS) is 16.3. The van der Waals surface area contributed by atoms with E-state index in [2.05, 4.69) is 0 Å². The molecule has 1 fully saturated rings. The van der Waals surface area contributed by atoms with Gasteiger partial charge in [-0.3, -0.25) is 9.59 Å². The molecule has 0 spiro atoms. The number of phenols is 1. The molecule has 19 heavy (non-hydrogen) atoms. The SMILES string of the molecule is NC(=O)c1ccc(N2CCC(C(=O)O)CC2)c(O)c1. The summed E-state index contributed by atoms with van der Waals surface area (Å²) < 4.78 is 0. The van der Waals surface area contributed by atoms with Gasteiger partial charge >= 0.3 is 5.97 Å². The van der Waals surface area contributed by atoms with Crippen LogP contribution in [0.25, 0.3) is 0 Å². The standard InChI is InChI=1S/C13H16N2O4/c14-12(17)9-1-2-10(11(16)7-9)15-5-3-8(4-6-15)13(18)19/h1-2,7-8,16H,3-6H2,(H2,14,17)(H,18,19). The van der Waals surface area contributed by atoms with Crippen LogP contribution in [0.5, 0.6) is 5.75 Å². The summed E-state index contributed by atoms with van der Waals surface area (Å²) in [5, 5.41) is 18.8. The molecule has 1 saturated heterocycles. The molecule has 1 aromatic carbocycles. The van der Waals surface area contributed by atoms with Crippen molar-refractivity contribution >= 4 is 17.6 Å². The molecule has 0 unspecified atom stereocenters. The molecule has 0 radical (unpaired) electrons. The molecule has 4 N–H and O–H groups in total. The highest BCUT2D eigenvalue weighted by Crippen LogP contribution is 2.31. The number of rotatable bonds is 3. The second-order valence-electron chi connectivity index (χ2n) is 4.67. The molecule has 1 aromatic rings. The number of carboxylic acids is 1. The molecule has 0 aliphatic carbocycles. The number of carbonyl (C=O) groups excluding carboxylic acids is 1. The highest BCUT2D eigenvalue weighted by Gasteiger charge is 2.25. The van der Waals surface area contributed by atoms with Crippen molar-refractivity contribution in [3.05, 3.63) is 23.8 Å². The van der Waals surface area contributed by atoms with Crippen LogP contribution >= 0.6 is 0 Å². The molecule has 1 heterocycles. The first kappa shape index (κ1) is 13.2. The Morgan fingerprint density at radius 3 is 2.37 bits per heavy atom. The van der Waals surface area contributed by atoms with Crippen molar-refractivity contribution in [3.63, 3.8) is 0 Å². The third-order valence-electron chi connectivity index (χ3n) is 3.44. The lowest BCUT2D eigenvalue weighted by Crippen LogP contribution is -2.36. The number of hydrogen-bond donors (Lipinski definition) is 3. The van der Waals surface area contributed by atoms with E-state index in [0.29, 0.717) is 31.6 Å². The van der Waals surface area contributed by atoms with Crippen LogP contribution in [0.4, 0.5) is 5.69 Å². The van der Waals surface area contributed by atoms with Gasteiger partial charge in [-0.05, 0) is 31.0 Å². The zero-order chi connectivity index (χ0) is 14.0. The molecular formula is C13H16N2O4. The fraction of sp³-hybridized carbons (Fsp3) is 0.385. The summed E-state index contributed by atoms with van der Waals surface area (Å²) >= 11 is 0. The van der Waals surface area contributed by atoms with Crippen molar-refractivity contribution in [2.45, 2.75) is 12.8 Å². The molecule has 1 aliphatic rings. The molecule has 6 nitrogen and oxygen atoms in total. The number of piperidine rings is 1. The Labute approximate surface area is 110 Å². The number of anilines is 1. The average molecular weight is 264 g/mol. The van der Waals surface area contributed by atoms with Crippen LogP contribution in [-0.2, 0) is 4.79 Å². The summed E-state index contributed by atoms with van der Waals surface area (Å²) in [4.78, 5) is 23.8. The zero-order valence-electron chi connectivity index (χ0n) is 10.4. The minimum atomic E-state index is -0.770. The highest BCUT2D eigenvalue weighted by atomic mass is 16.4. The number of nitrogens with zero attached hydrogens (tertiary/aromatic N) is 1. The third kappa shape index (κ3) is 2.78. The van der Waals surface area contributed by atoms with Crippen LogP contribution in [0.1, 0.15) is 23.2 Å². The van der Waals surface area contributed by atoms with E-state index < -0.39 is 11.9 Å². The molecule has 1 amide bonds. The summed E-state index contributed by atoms with van der Waals surface area (Å²) in [5.41, 5.74) is 5.99. The Balaban J connectivity index is 2.11. The van der Waals surface area contributed by atoms with E-state index in [0.717, 1.165) is 0 Å². The first-order valence-corrected chi connectivity index (χ1v) is 6.09. The van der Waals surface area contributed by atoms with Crippen molar-refractivity contribution in [3.8, 4) is 5.75 Å². The Morgan fingerprint density at radius 1 is 1.26 bits per heavy atom. The van der Waals surface area contributed by atoms with Crippen molar-refractivity contribution in [2.75, 3.05) is 18.0 Å². The van der Waals surface area contributed by atoms with Crippen LogP contribution in [0, 0.1) is 5.92 Å². The van der Waals surface area contributed by atoms with E-state index in [9.17, 15) is 14.7 Å². The minimum absolute atomic E-state index is 0.00919. The highest BCUT2D eigenvalue weighted by molar-refractivity contribution is 5.94. The second kappa shape index (κ2) is 5.17. The fourth-order valence-electron chi connectivity index (χ4n) is 2.31. The number of phenolic OH excluding ortho intramolecular Hbond substituents is 1. The molecule has 0 saturated carbocycles. The maximum atomic E-state index is 11.0. The largest absolute Gasteiger partial charge is 0.506 e.